The summed E-state index contributed by atoms with van der Waals surface area (Å²) in [5.74, 6) is 0.784. The molecular formula is C20H18N4O. The Morgan fingerprint density at radius 1 is 0.880 bits per heavy atom. The highest BCUT2D eigenvalue weighted by molar-refractivity contribution is 5.67. The number of hydrogen-bond donors (Lipinski definition) is 0. The van der Waals surface area contributed by atoms with Crippen molar-refractivity contribution >= 4 is 0 Å². The fourth-order valence-corrected chi connectivity index (χ4v) is 2.81. The molecule has 0 aliphatic carbocycles. The van der Waals surface area contributed by atoms with Crippen LogP contribution in [0.4, 0.5) is 0 Å². The van der Waals surface area contributed by atoms with Gasteiger partial charge in [0.25, 0.3) is 0 Å². The number of hydrogen-bond acceptors (Lipinski definition) is 3. The molecule has 0 aliphatic rings. The summed E-state index contributed by atoms with van der Waals surface area (Å²) in [6.45, 7) is 2.08. The van der Waals surface area contributed by atoms with E-state index in [0.29, 0.717) is 0 Å². The Kier molecular flexibility index (Phi) is 3.82. The van der Waals surface area contributed by atoms with Gasteiger partial charge in [-0.1, -0.05) is 12.1 Å². The van der Waals surface area contributed by atoms with Gasteiger partial charge < -0.3 is 4.74 Å². The van der Waals surface area contributed by atoms with Crippen LogP contribution in [0.15, 0.2) is 73.3 Å². The Balaban J connectivity index is 1.76. The van der Waals surface area contributed by atoms with Crippen LogP contribution in [0.5, 0.6) is 5.75 Å². The van der Waals surface area contributed by atoms with Gasteiger partial charge in [0.05, 0.1) is 24.7 Å². The van der Waals surface area contributed by atoms with E-state index in [1.165, 1.54) is 5.56 Å². The lowest BCUT2D eigenvalue weighted by molar-refractivity contribution is 0.414. The Bertz CT molecular complexity index is 1000. The molecule has 0 radical (unpaired) electrons. The number of benzene rings is 2. The molecule has 0 unspecified atom stereocenters. The van der Waals surface area contributed by atoms with Crippen LogP contribution in [0.25, 0.3) is 22.5 Å². The number of aryl methyl sites for hydroxylation is 1. The summed E-state index contributed by atoms with van der Waals surface area (Å²) in [7, 11) is 1.67. The molecule has 5 heteroatoms. The fraction of sp³-hybridized carbons (Fsp3) is 0.100. The zero-order chi connectivity index (χ0) is 17.2. The van der Waals surface area contributed by atoms with E-state index in [9.17, 15) is 0 Å². The second-order valence-electron chi connectivity index (χ2n) is 5.88. The highest BCUT2D eigenvalue weighted by Crippen LogP contribution is 2.28. The maximum Gasteiger partial charge on any atom is 0.121 e. The van der Waals surface area contributed by atoms with Crippen molar-refractivity contribution in [2.24, 2.45) is 0 Å². The van der Waals surface area contributed by atoms with Crippen LogP contribution in [-0.4, -0.2) is 26.7 Å². The quantitative estimate of drug-likeness (QED) is 0.567. The van der Waals surface area contributed by atoms with Crippen LogP contribution in [0.3, 0.4) is 0 Å². The first-order valence-corrected chi connectivity index (χ1v) is 8.04. The van der Waals surface area contributed by atoms with Crippen LogP contribution >= 0.6 is 0 Å². The molecule has 0 aliphatic heterocycles. The third kappa shape index (κ3) is 3.04. The van der Waals surface area contributed by atoms with Gasteiger partial charge in [0, 0.05) is 30.2 Å². The summed E-state index contributed by atoms with van der Waals surface area (Å²) in [6, 6.07) is 16.2. The molecule has 2 aromatic heterocycles. The van der Waals surface area contributed by atoms with Gasteiger partial charge in [-0.15, -0.1) is 0 Å². The molecule has 5 nitrogen and oxygen atoms in total. The van der Waals surface area contributed by atoms with Crippen molar-refractivity contribution in [2.45, 2.75) is 6.92 Å². The van der Waals surface area contributed by atoms with E-state index in [1.807, 2.05) is 58.3 Å². The van der Waals surface area contributed by atoms with Gasteiger partial charge in [0.15, 0.2) is 0 Å². The molecule has 0 saturated heterocycles. The molecule has 0 saturated carbocycles. The SMILES string of the molecule is COc1cc(-c2cnn(-c3cccc(C)c3)c2)cc(-n2cccn2)c1. The number of ether oxygens (including phenoxy) is 1. The highest BCUT2D eigenvalue weighted by atomic mass is 16.5. The molecule has 2 heterocycles. The third-order valence-corrected chi connectivity index (χ3v) is 4.08. The minimum atomic E-state index is 0.784. The van der Waals surface area contributed by atoms with E-state index in [0.717, 1.165) is 28.3 Å². The van der Waals surface area contributed by atoms with Crippen LogP contribution in [0.1, 0.15) is 5.56 Å². The Hall–Kier alpha value is -3.34. The van der Waals surface area contributed by atoms with Crippen LogP contribution in [-0.2, 0) is 0 Å². The van der Waals surface area contributed by atoms with Crippen molar-refractivity contribution in [1.82, 2.24) is 19.6 Å². The molecule has 0 atom stereocenters. The largest absolute Gasteiger partial charge is 0.497 e. The summed E-state index contributed by atoms with van der Waals surface area (Å²) in [5, 5.41) is 8.80. The van der Waals surface area contributed by atoms with E-state index in [-0.39, 0.29) is 0 Å². The second kappa shape index (κ2) is 6.28. The average molecular weight is 330 g/mol. The van der Waals surface area contributed by atoms with Crippen LogP contribution in [0, 0.1) is 6.92 Å². The molecule has 4 aromatic rings. The average Bonchev–Trinajstić information content (AvgIpc) is 3.33. The standard InChI is InChI=1S/C20H18N4O/c1-15-5-3-6-18(9-15)24-14-17(13-22-24)16-10-19(12-20(11-16)25-2)23-8-4-7-21-23/h3-14H,1-2H3. The number of rotatable bonds is 4. The van der Waals surface area contributed by atoms with Gasteiger partial charge in [0.1, 0.15) is 5.75 Å². The monoisotopic (exact) mass is 330 g/mol. The van der Waals surface area contributed by atoms with Crippen molar-refractivity contribution in [1.29, 1.82) is 0 Å². The summed E-state index contributed by atoms with van der Waals surface area (Å²) >= 11 is 0. The first-order chi connectivity index (χ1) is 12.2. The maximum absolute atomic E-state index is 5.45. The van der Waals surface area contributed by atoms with Crippen molar-refractivity contribution in [3.8, 4) is 28.3 Å². The predicted molar refractivity (Wildman–Crippen MR) is 97.4 cm³/mol. The van der Waals surface area contributed by atoms with Crippen LogP contribution in [0.2, 0.25) is 0 Å². The molecular weight excluding hydrogens is 312 g/mol. The highest BCUT2D eigenvalue weighted by Gasteiger charge is 2.08. The molecule has 0 fully saturated rings. The lowest BCUT2D eigenvalue weighted by atomic mass is 10.1. The fourth-order valence-electron chi connectivity index (χ4n) is 2.81. The smallest absolute Gasteiger partial charge is 0.121 e. The summed E-state index contributed by atoms with van der Waals surface area (Å²) in [5.41, 5.74) is 5.25. The molecule has 0 bridgehead atoms. The van der Waals surface area contributed by atoms with E-state index >= 15 is 0 Å². The number of aromatic nitrogens is 4. The van der Waals surface area contributed by atoms with E-state index in [2.05, 4.69) is 35.3 Å². The second-order valence-corrected chi connectivity index (χ2v) is 5.88. The first kappa shape index (κ1) is 15.2. The summed E-state index contributed by atoms with van der Waals surface area (Å²) in [4.78, 5) is 0. The minimum Gasteiger partial charge on any atom is -0.497 e. The Morgan fingerprint density at radius 2 is 1.80 bits per heavy atom. The van der Waals surface area contributed by atoms with Crippen molar-refractivity contribution < 1.29 is 4.74 Å². The normalized spacial score (nSPS) is 10.8. The van der Waals surface area contributed by atoms with E-state index < -0.39 is 0 Å². The molecule has 124 valence electrons. The van der Waals surface area contributed by atoms with Crippen molar-refractivity contribution in [3.05, 3.63) is 78.9 Å². The summed E-state index contributed by atoms with van der Waals surface area (Å²) < 4.78 is 9.15. The predicted octanol–water partition coefficient (Wildman–Crippen LogP) is 4.04. The molecule has 0 spiro atoms. The Labute approximate surface area is 146 Å². The van der Waals surface area contributed by atoms with E-state index in [1.54, 1.807) is 13.3 Å². The van der Waals surface area contributed by atoms with Gasteiger partial charge in [-0.05, 0) is 48.4 Å². The lowest BCUT2D eigenvalue weighted by Crippen LogP contribution is -1.96. The van der Waals surface area contributed by atoms with Gasteiger partial charge >= 0.3 is 0 Å². The molecule has 0 N–H and O–H groups in total. The van der Waals surface area contributed by atoms with Crippen LogP contribution < -0.4 is 4.74 Å². The topological polar surface area (TPSA) is 44.9 Å². The summed E-state index contributed by atoms with van der Waals surface area (Å²) in [6.07, 6.45) is 7.56. The van der Waals surface area contributed by atoms with Crippen molar-refractivity contribution in [3.63, 3.8) is 0 Å². The van der Waals surface area contributed by atoms with Gasteiger partial charge in [-0.25, -0.2) is 9.36 Å². The van der Waals surface area contributed by atoms with Gasteiger partial charge in [-0.2, -0.15) is 10.2 Å². The number of methoxy groups -OCH3 is 1. The van der Waals surface area contributed by atoms with Crippen molar-refractivity contribution in [2.75, 3.05) is 7.11 Å². The van der Waals surface area contributed by atoms with Gasteiger partial charge in [-0.3, -0.25) is 0 Å². The third-order valence-electron chi connectivity index (χ3n) is 4.08. The van der Waals surface area contributed by atoms with Gasteiger partial charge in [0.2, 0.25) is 0 Å². The molecule has 4 rings (SSSR count). The molecule has 25 heavy (non-hydrogen) atoms. The maximum atomic E-state index is 5.45. The Morgan fingerprint density at radius 3 is 2.56 bits per heavy atom. The zero-order valence-electron chi connectivity index (χ0n) is 14.1. The molecule has 0 amide bonds. The minimum absolute atomic E-state index is 0.784. The first-order valence-electron chi connectivity index (χ1n) is 8.04. The number of nitrogens with zero attached hydrogens (tertiary/aromatic N) is 4. The zero-order valence-corrected chi connectivity index (χ0v) is 14.1. The molecule has 2 aromatic carbocycles. The lowest BCUT2D eigenvalue weighted by Gasteiger charge is -2.08. The van der Waals surface area contributed by atoms with E-state index in [4.69, 9.17) is 4.74 Å².